The molecule has 0 spiro atoms. The molecule has 0 amide bonds. The summed E-state index contributed by atoms with van der Waals surface area (Å²) in [4.78, 5) is 22.0. The third-order valence-corrected chi connectivity index (χ3v) is 2.32. The number of carbonyl (C=O) groups is 2. The Kier molecular flexibility index (Phi) is 6.13. The molecule has 0 saturated carbocycles. The molecule has 0 aliphatic heterocycles. The molecular formula is C15H15FO5. The van der Waals surface area contributed by atoms with Gasteiger partial charge in [-0.2, -0.15) is 0 Å². The minimum atomic E-state index is -0.645. The van der Waals surface area contributed by atoms with Crippen molar-refractivity contribution in [3.8, 4) is 5.75 Å². The van der Waals surface area contributed by atoms with E-state index in [9.17, 15) is 14.0 Å². The molecule has 112 valence electrons. The lowest BCUT2D eigenvalue weighted by atomic mass is 10.2. The number of hydrogen-bond acceptors (Lipinski definition) is 5. The van der Waals surface area contributed by atoms with Gasteiger partial charge in [0.15, 0.2) is 11.6 Å². The van der Waals surface area contributed by atoms with Crippen molar-refractivity contribution in [2.45, 2.75) is 6.92 Å². The summed E-state index contributed by atoms with van der Waals surface area (Å²) < 4.78 is 27.8. The standard InChI is InChI=1S/C15H15FO5/c1-10(2)15(18)21-9-20-13-6-4-11(8-12(13)16)5-7-14(17)19-3/h4-8H,1,9H2,2-3H3/b7-5+. The van der Waals surface area contributed by atoms with E-state index in [4.69, 9.17) is 4.74 Å². The molecule has 1 rings (SSSR count). The van der Waals surface area contributed by atoms with E-state index >= 15 is 0 Å². The van der Waals surface area contributed by atoms with Gasteiger partial charge in [-0.1, -0.05) is 12.6 Å². The van der Waals surface area contributed by atoms with Gasteiger partial charge in [-0.15, -0.1) is 0 Å². The van der Waals surface area contributed by atoms with E-state index in [2.05, 4.69) is 16.1 Å². The van der Waals surface area contributed by atoms with Crippen LogP contribution in [-0.2, 0) is 19.1 Å². The summed E-state index contributed by atoms with van der Waals surface area (Å²) >= 11 is 0. The Labute approximate surface area is 121 Å². The smallest absolute Gasteiger partial charge is 0.335 e. The van der Waals surface area contributed by atoms with Crippen molar-refractivity contribution in [3.63, 3.8) is 0 Å². The number of ether oxygens (including phenoxy) is 3. The van der Waals surface area contributed by atoms with Crippen LogP contribution < -0.4 is 4.74 Å². The third-order valence-electron chi connectivity index (χ3n) is 2.32. The van der Waals surface area contributed by atoms with Crippen LogP contribution in [0.3, 0.4) is 0 Å². The number of hydrogen-bond donors (Lipinski definition) is 0. The molecule has 0 unspecified atom stereocenters. The van der Waals surface area contributed by atoms with Gasteiger partial charge in [0.2, 0.25) is 6.79 Å². The van der Waals surface area contributed by atoms with Crippen LogP contribution in [0.2, 0.25) is 0 Å². The largest absolute Gasteiger partial charge is 0.466 e. The first-order valence-corrected chi connectivity index (χ1v) is 5.95. The van der Waals surface area contributed by atoms with Crippen molar-refractivity contribution >= 4 is 18.0 Å². The molecule has 1 aromatic rings. The first kappa shape index (κ1) is 16.4. The molecule has 0 atom stereocenters. The summed E-state index contributed by atoms with van der Waals surface area (Å²) in [5, 5.41) is 0. The van der Waals surface area contributed by atoms with E-state index in [1.54, 1.807) is 6.07 Å². The highest BCUT2D eigenvalue weighted by atomic mass is 19.1. The van der Waals surface area contributed by atoms with Crippen molar-refractivity contribution in [2.75, 3.05) is 13.9 Å². The van der Waals surface area contributed by atoms with E-state index in [0.29, 0.717) is 5.56 Å². The van der Waals surface area contributed by atoms with E-state index in [-0.39, 0.29) is 11.3 Å². The van der Waals surface area contributed by atoms with E-state index < -0.39 is 24.5 Å². The lowest BCUT2D eigenvalue weighted by molar-refractivity contribution is -0.145. The van der Waals surface area contributed by atoms with Crippen molar-refractivity contribution in [1.82, 2.24) is 0 Å². The third kappa shape index (κ3) is 5.48. The molecule has 5 nitrogen and oxygen atoms in total. The molecule has 21 heavy (non-hydrogen) atoms. The number of esters is 2. The Balaban J connectivity index is 2.62. The summed E-state index contributed by atoms with van der Waals surface area (Å²) in [6.45, 7) is 4.48. The van der Waals surface area contributed by atoms with Crippen molar-refractivity contribution in [1.29, 1.82) is 0 Å². The predicted molar refractivity (Wildman–Crippen MR) is 73.9 cm³/mol. The average molecular weight is 294 g/mol. The van der Waals surface area contributed by atoms with Crippen molar-refractivity contribution < 1.29 is 28.2 Å². The first-order chi connectivity index (χ1) is 9.93. The first-order valence-electron chi connectivity index (χ1n) is 5.95. The van der Waals surface area contributed by atoms with E-state index in [1.807, 2.05) is 0 Å². The molecule has 0 aliphatic carbocycles. The maximum Gasteiger partial charge on any atom is 0.335 e. The topological polar surface area (TPSA) is 61.8 Å². The zero-order chi connectivity index (χ0) is 15.8. The Morgan fingerprint density at radius 1 is 1.38 bits per heavy atom. The lowest BCUT2D eigenvalue weighted by Gasteiger charge is -2.08. The second-order valence-electron chi connectivity index (χ2n) is 4.02. The number of halogens is 1. The Hall–Kier alpha value is -2.63. The zero-order valence-electron chi connectivity index (χ0n) is 11.7. The normalized spacial score (nSPS) is 10.2. The number of carbonyl (C=O) groups excluding carboxylic acids is 2. The molecule has 6 heteroatoms. The summed E-state index contributed by atoms with van der Waals surface area (Å²) in [5.74, 6) is -1.87. The molecule has 0 bridgehead atoms. The van der Waals surface area contributed by atoms with Gasteiger partial charge in [0, 0.05) is 11.6 Å². The van der Waals surface area contributed by atoms with Crippen LogP contribution in [0.25, 0.3) is 6.08 Å². The van der Waals surface area contributed by atoms with E-state index in [1.165, 1.54) is 38.3 Å². The van der Waals surface area contributed by atoms with Crippen molar-refractivity contribution in [2.24, 2.45) is 0 Å². The summed E-state index contributed by atoms with van der Waals surface area (Å²) in [7, 11) is 1.25. The molecule has 0 heterocycles. The monoisotopic (exact) mass is 294 g/mol. The number of benzene rings is 1. The number of methoxy groups -OCH3 is 1. The molecule has 1 aromatic carbocycles. The molecule has 0 saturated heterocycles. The van der Waals surface area contributed by atoms with Gasteiger partial charge < -0.3 is 14.2 Å². The van der Waals surface area contributed by atoms with Gasteiger partial charge in [-0.25, -0.2) is 14.0 Å². The van der Waals surface area contributed by atoms with Crippen LogP contribution >= 0.6 is 0 Å². The van der Waals surface area contributed by atoms with E-state index in [0.717, 1.165) is 0 Å². The number of rotatable bonds is 6. The fraction of sp³-hybridized carbons (Fsp3) is 0.200. The molecular weight excluding hydrogens is 279 g/mol. The van der Waals surface area contributed by atoms with Gasteiger partial charge in [-0.3, -0.25) is 0 Å². The molecule has 0 aliphatic rings. The molecule has 0 aromatic heterocycles. The minimum absolute atomic E-state index is 0.0697. The van der Waals surface area contributed by atoms with Gasteiger partial charge in [-0.05, 0) is 30.7 Å². The van der Waals surface area contributed by atoms with Crippen LogP contribution in [0.4, 0.5) is 4.39 Å². The predicted octanol–water partition coefficient (Wildman–Crippen LogP) is 2.47. The highest BCUT2D eigenvalue weighted by Gasteiger charge is 2.07. The van der Waals surface area contributed by atoms with Crippen LogP contribution in [-0.4, -0.2) is 25.8 Å². The fourth-order valence-corrected chi connectivity index (χ4v) is 1.24. The fourth-order valence-electron chi connectivity index (χ4n) is 1.24. The zero-order valence-corrected chi connectivity index (χ0v) is 11.7. The summed E-state index contributed by atoms with van der Waals surface area (Å²) in [5.41, 5.74) is 0.687. The van der Waals surface area contributed by atoms with Gasteiger partial charge in [0.1, 0.15) is 0 Å². The van der Waals surface area contributed by atoms with Crippen LogP contribution in [0.1, 0.15) is 12.5 Å². The Bertz CT molecular complexity index is 577. The van der Waals surface area contributed by atoms with Crippen LogP contribution in [0.15, 0.2) is 36.4 Å². The van der Waals surface area contributed by atoms with Gasteiger partial charge >= 0.3 is 11.9 Å². The lowest BCUT2D eigenvalue weighted by Crippen LogP contribution is -2.11. The maximum absolute atomic E-state index is 13.7. The van der Waals surface area contributed by atoms with Crippen LogP contribution in [0, 0.1) is 5.82 Å². The quantitative estimate of drug-likeness (QED) is 0.458. The SMILES string of the molecule is C=C(C)C(=O)OCOc1ccc(/C=C/C(=O)OC)cc1F. The minimum Gasteiger partial charge on any atom is -0.466 e. The molecule has 0 radical (unpaired) electrons. The summed E-state index contributed by atoms with van der Waals surface area (Å²) in [6, 6.07) is 4.08. The highest BCUT2D eigenvalue weighted by Crippen LogP contribution is 2.19. The second kappa shape index (κ2) is 7.84. The Morgan fingerprint density at radius 3 is 2.67 bits per heavy atom. The molecule has 0 fully saturated rings. The maximum atomic E-state index is 13.7. The average Bonchev–Trinajstić information content (AvgIpc) is 2.46. The molecule has 0 N–H and O–H groups in total. The Morgan fingerprint density at radius 2 is 2.10 bits per heavy atom. The summed E-state index contributed by atoms with van der Waals surface area (Å²) in [6.07, 6.45) is 2.57. The van der Waals surface area contributed by atoms with Crippen molar-refractivity contribution in [3.05, 3.63) is 47.8 Å². The highest BCUT2D eigenvalue weighted by molar-refractivity contribution is 5.87. The van der Waals surface area contributed by atoms with Crippen LogP contribution in [0.5, 0.6) is 5.75 Å². The second-order valence-corrected chi connectivity index (χ2v) is 4.02. The van der Waals surface area contributed by atoms with Gasteiger partial charge in [0.25, 0.3) is 0 Å². The van der Waals surface area contributed by atoms with Gasteiger partial charge in [0.05, 0.1) is 7.11 Å².